The minimum atomic E-state index is -3.48. The minimum absolute atomic E-state index is 0.0330. The predicted octanol–water partition coefficient (Wildman–Crippen LogP) is 1.14. The van der Waals surface area contributed by atoms with Crippen LogP contribution in [0.4, 0.5) is 0 Å². The van der Waals surface area contributed by atoms with E-state index in [-0.39, 0.29) is 15.9 Å². The van der Waals surface area contributed by atoms with Gasteiger partial charge in [-0.25, -0.2) is 13.4 Å². The Labute approximate surface area is 145 Å². The van der Waals surface area contributed by atoms with Crippen molar-refractivity contribution < 1.29 is 13.2 Å². The second-order valence-electron chi connectivity index (χ2n) is 6.28. The first-order chi connectivity index (χ1) is 11.5. The first-order valence-corrected chi connectivity index (χ1v) is 10.1. The molecule has 1 unspecified atom stereocenters. The zero-order chi connectivity index (χ0) is 16.8. The van der Waals surface area contributed by atoms with Crippen molar-refractivity contribution in [1.29, 1.82) is 0 Å². The Morgan fingerprint density at radius 1 is 1.42 bits per heavy atom. The molecule has 0 radical (unpaired) electrons. The average Bonchev–Trinajstić information content (AvgIpc) is 3.14. The zero-order valence-electron chi connectivity index (χ0n) is 13.2. The zero-order valence-corrected chi connectivity index (χ0v) is 14.8. The van der Waals surface area contributed by atoms with Crippen LogP contribution in [-0.4, -0.2) is 57.0 Å². The van der Waals surface area contributed by atoms with Gasteiger partial charge >= 0.3 is 0 Å². The lowest BCUT2D eigenvalue weighted by molar-refractivity contribution is 0.159. The highest BCUT2D eigenvalue weighted by molar-refractivity contribution is 8.01. The van der Waals surface area contributed by atoms with Crippen molar-refractivity contribution in [1.82, 2.24) is 18.8 Å². The minimum Gasteiger partial charge on any atom is -0.488 e. The average molecular weight is 366 g/mol. The van der Waals surface area contributed by atoms with Gasteiger partial charge in [0, 0.05) is 49.5 Å². The van der Waals surface area contributed by atoms with Crippen LogP contribution in [0.15, 0.2) is 42.1 Å². The fraction of sp³-hybridized carbons (Fsp3) is 0.467. The summed E-state index contributed by atoms with van der Waals surface area (Å²) in [5.41, 5.74) is 0. The van der Waals surface area contributed by atoms with E-state index in [1.807, 2.05) is 12.1 Å². The molecule has 7 nitrogen and oxygen atoms in total. The molecule has 0 aliphatic carbocycles. The summed E-state index contributed by atoms with van der Waals surface area (Å²) in [6.45, 7) is 1.03. The highest BCUT2D eigenvalue weighted by atomic mass is 32.2. The van der Waals surface area contributed by atoms with Crippen molar-refractivity contribution in [3.05, 3.63) is 37.1 Å². The lowest BCUT2D eigenvalue weighted by Gasteiger charge is -2.45. The Morgan fingerprint density at radius 2 is 2.25 bits per heavy atom. The first kappa shape index (κ1) is 15.9. The number of rotatable bonds is 4. The van der Waals surface area contributed by atoms with Gasteiger partial charge in [0.05, 0.1) is 12.5 Å². The normalized spacial score (nSPS) is 23.3. The Kier molecular flexibility index (Phi) is 3.81. The molecule has 2 aromatic rings. The van der Waals surface area contributed by atoms with Crippen molar-refractivity contribution in [2.45, 2.75) is 22.3 Å². The molecule has 0 amide bonds. The molecule has 2 aromatic heterocycles. The van der Waals surface area contributed by atoms with E-state index < -0.39 is 10.0 Å². The molecule has 2 aliphatic rings. The predicted molar refractivity (Wildman–Crippen MR) is 90.4 cm³/mol. The van der Waals surface area contributed by atoms with Gasteiger partial charge in [0.25, 0.3) is 10.0 Å². The van der Waals surface area contributed by atoms with Crippen LogP contribution in [0, 0.1) is 0 Å². The highest BCUT2D eigenvalue weighted by Crippen LogP contribution is 2.47. The molecular formula is C15H18N4O3S2. The maximum Gasteiger partial charge on any atom is 0.262 e. The second kappa shape index (κ2) is 5.75. The lowest BCUT2D eigenvalue weighted by atomic mass is 9.95. The summed E-state index contributed by atoms with van der Waals surface area (Å²) in [6.07, 6.45) is 7.40. The van der Waals surface area contributed by atoms with E-state index in [2.05, 4.69) is 9.97 Å². The summed E-state index contributed by atoms with van der Waals surface area (Å²) in [5.74, 6) is 1.63. The number of sulfonamides is 1. The van der Waals surface area contributed by atoms with Gasteiger partial charge in [0.15, 0.2) is 5.03 Å². The molecule has 0 N–H and O–H groups in total. The Balaban J connectivity index is 1.39. The fourth-order valence-corrected chi connectivity index (χ4v) is 6.39. The van der Waals surface area contributed by atoms with E-state index in [1.165, 1.54) is 16.8 Å². The van der Waals surface area contributed by atoms with E-state index in [9.17, 15) is 8.42 Å². The van der Waals surface area contributed by atoms with Crippen LogP contribution >= 0.6 is 11.8 Å². The summed E-state index contributed by atoms with van der Waals surface area (Å²) < 4.78 is 34.2. The quantitative estimate of drug-likeness (QED) is 0.808. The van der Waals surface area contributed by atoms with Crippen molar-refractivity contribution >= 4 is 21.8 Å². The number of hydrogen-bond donors (Lipinski definition) is 0. The lowest BCUT2D eigenvalue weighted by Crippen LogP contribution is -2.60. The molecule has 24 heavy (non-hydrogen) atoms. The standard InChI is InChI=1S/C15H18N4O3S2/c1-18-7-14(17-11-18)24(20,21)19-9-15(10-19)5-13(8-23-15)22-12-3-2-4-16-6-12/h2-4,6-7,11,13H,5,8-10H2,1H3. The number of hydrogen-bond acceptors (Lipinski definition) is 6. The first-order valence-electron chi connectivity index (χ1n) is 7.66. The number of nitrogens with zero attached hydrogens (tertiary/aromatic N) is 4. The van der Waals surface area contributed by atoms with Gasteiger partial charge in [-0.15, -0.1) is 11.8 Å². The van der Waals surface area contributed by atoms with Crippen LogP contribution in [-0.2, 0) is 17.1 Å². The Bertz CT molecular complexity index is 831. The van der Waals surface area contributed by atoms with Crippen LogP contribution in [0.5, 0.6) is 5.75 Å². The van der Waals surface area contributed by atoms with Crippen molar-refractivity contribution in [3.63, 3.8) is 0 Å². The van der Waals surface area contributed by atoms with Crippen molar-refractivity contribution in [3.8, 4) is 5.75 Å². The molecule has 128 valence electrons. The van der Waals surface area contributed by atoms with Gasteiger partial charge in [-0.05, 0) is 12.1 Å². The fourth-order valence-electron chi connectivity index (χ4n) is 3.13. The van der Waals surface area contributed by atoms with Crippen LogP contribution in [0.3, 0.4) is 0 Å². The molecular weight excluding hydrogens is 348 g/mol. The van der Waals surface area contributed by atoms with Crippen molar-refractivity contribution in [2.75, 3.05) is 18.8 Å². The van der Waals surface area contributed by atoms with Gasteiger partial charge in [-0.2, -0.15) is 4.31 Å². The molecule has 2 saturated heterocycles. The molecule has 4 heterocycles. The number of imidazole rings is 1. The molecule has 0 aromatic carbocycles. The molecule has 1 atom stereocenters. The van der Waals surface area contributed by atoms with E-state index in [0.717, 1.165) is 17.9 Å². The molecule has 0 saturated carbocycles. The number of thioether (sulfide) groups is 1. The Morgan fingerprint density at radius 3 is 2.92 bits per heavy atom. The van der Waals surface area contributed by atoms with E-state index in [4.69, 9.17) is 4.74 Å². The molecule has 1 spiro atoms. The summed E-state index contributed by atoms with van der Waals surface area (Å²) in [6, 6.07) is 3.74. The molecule has 4 rings (SSSR count). The highest BCUT2D eigenvalue weighted by Gasteiger charge is 2.53. The van der Waals surface area contributed by atoms with Crippen LogP contribution in [0.1, 0.15) is 6.42 Å². The van der Waals surface area contributed by atoms with Crippen LogP contribution < -0.4 is 4.74 Å². The van der Waals surface area contributed by atoms with Gasteiger partial charge in [0.2, 0.25) is 0 Å². The summed E-state index contributed by atoms with van der Waals surface area (Å²) in [4.78, 5) is 8.02. The number of ether oxygens (including phenoxy) is 1. The summed E-state index contributed by atoms with van der Waals surface area (Å²) in [5, 5.41) is 0.117. The number of aryl methyl sites for hydroxylation is 1. The monoisotopic (exact) mass is 366 g/mol. The van der Waals surface area contributed by atoms with Gasteiger partial charge in [-0.3, -0.25) is 4.98 Å². The number of aromatic nitrogens is 3. The molecule has 9 heteroatoms. The van der Waals surface area contributed by atoms with Gasteiger partial charge in [-0.1, -0.05) is 0 Å². The molecule has 2 aliphatic heterocycles. The second-order valence-corrected chi connectivity index (χ2v) is 9.65. The Hall–Kier alpha value is -1.58. The molecule has 0 bridgehead atoms. The third-order valence-electron chi connectivity index (χ3n) is 4.33. The van der Waals surface area contributed by atoms with Gasteiger partial charge in [0.1, 0.15) is 11.9 Å². The third kappa shape index (κ3) is 2.80. The largest absolute Gasteiger partial charge is 0.488 e. The third-order valence-corrected chi connectivity index (χ3v) is 7.58. The van der Waals surface area contributed by atoms with E-state index >= 15 is 0 Å². The van der Waals surface area contributed by atoms with Gasteiger partial charge < -0.3 is 9.30 Å². The van der Waals surface area contributed by atoms with E-state index in [0.29, 0.717) is 13.1 Å². The maximum atomic E-state index is 12.5. The smallest absolute Gasteiger partial charge is 0.262 e. The van der Waals surface area contributed by atoms with E-state index in [1.54, 1.807) is 35.8 Å². The van der Waals surface area contributed by atoms with Crippen LogP contribution in [0.2, 0.25) is 0 Å². The summed E-state index contributed by atoms with van der Waals surface area (Å²) in [7, 11) is -1.72. The maximum absolute atomic E-state index is 12.5. The number of pyridine rings is 1. The topological polar surface area (TPSA) is 77.3 Å². The van der Waals surface area contributed by atoms with Crippen molar-refractivity contribution in [2.24, 2.45) is 7.05 Å². The molecule has 2 fully saturated rings. The summed E-state index contributed by atoms with van der Waals surface area (Å²) >= 11 is 1.80. The SMILES string of the molecule is Cn1cnc(S(=O)(=O)N2CC3(CC(Oc4cccnc4)CS3)C2)c1. The van der Waals surface area contributed by atoms with Crippen LogP contribution in [0.25, 0.3) is 0 Å².